The molecule has 15 atom stereocenters. The third-order valence-corrected chi connectivity index (χ3v) is 33.7. The lowest BCUT2D eigenvalue weighted by Crippen LogP contribution is -2.42. The maximum Gasteiger partial charge on any atom is 0.280 e. The first-order chi connectivity index (χ1) is 64.2. The summed E-state index contributed by atoms with van der Waals surface area (Å²) >= 11 is 26.3. The van der Waals surface area contributed by atoms with Gasteiger partial charge in [-0.3, -0.25) is 15.2 Å². The average Bonchev–Trinajstić information content (AvgIpc) is 1.68. The van der Waals surface area contributed by atoms with E-state index in [9.17, 15) is 25.5 Å². The zero-order valence-electron chi connectivity index (χ0n) is 73.3. The minimum Gasteiger partial charge on any atom is -0.506 e. The number of hydrogen-bond donors (Lipinski definition) is 13. The normalized spacial score (nSPS) is 27.7. The molecule has 0 fully saturated rings. The fourth-order valence-electron chi connectivity index (χ4n) is 18.0. The number of aromatic amines is 2. The number of thioether (sulfide) groups is 1. The Morgan fingerprint density at radius 3 is 2.12 bits per heavy atom. The largest absolute Gasteiger partial charge is 0.506 e. The molecule has 15 aliphatic rings. The van der Waals surface area contributed by atoms with Gasteiger partial charge in [-0.05, 0) is 376 Å². The molecule has 0 bridgehead atoms. The topological polar surface area (TPSA) is 307 Å². The number of hydrogen-bond acceptors (Lipinski definition) is 20. The average molecular weight is 2830 g/mol. The second kappa shape index (κ2) is 48.7. The van der Waals surface area contributed by atoms with Crippen LogP contribution in [0.3, 0.4) is 0 Å². The lowest BCUT2D eigenvalue weighted by molar-refractivity contribution is 0.141. The van der Waals surface area contributed by atoms with Crippen LogP contribution < -0.4 is 32.2 Å². The summed E-state index contributed by atoms with van der Waals surface area (Å²) in [4.78, 5) is 13.3. The van der Waals surface area contributed by atoms with Gasteiger partial charge in [-0.15, -0.1) is 0 Å². The van der Waals surface area contributed by atoms with Crippen molar-refractivity contribution in [2.75, 3.05) is 25.2 Å². The van der Waals surface area contributed by atoms with Crippen molar-refractivity contribution >= 4 is 272 Å². The van der Waals surface area contributed by atoms with Gasteiger partial charge in [0.25, 0.3) is 5.84 Å². The van der Waals surface area contributed by atoms with Crippen molar-refractivity contribution in [3.05, 3.63) is 322 Å². The van der Waals surface area contributed by atoms with Gasteiger partial charge < -0.3 is 61.9 Å². The summed E-state index contributed by atoms with van der Waals surface area (Å²) in [5.41, 5.74) is 37.1. The Labute approximate surface area is 908 Å². The smallest absolute Gasteiger partial charge is 0.280 e. The van der Waals surface area contributed by atoms with E-state index in [0.717, 1.165) is 157 Å². The molecule has 18 rings (SSSR count). The van der Waals surface area contributed by atoms with Gasteiger partial charge in [0.15, 0.2) is 0 Å². The van der Waals surface area contributed by atoms with E-state index in [1.165, 1.54) is 92.7 Å². The minimum absolute atomic E-state index is 0.00412. The van der Waals surface area contributed by atoms with Crippen LogP contribution in [0.1, 0.15) is 118 Å². The van der Waals surface area contributed by atoms with Crippen molar-refractivity contribution in [2.45, 2.75) is 165 Å². The Morgan fingerprint density at radius 2 is 1.44 bits per heavy atom. The Hall–Kier alpha value is -5.37. The molecule has 22 nitrogen and oxygen atoms in total. The van der Waals surface area contributed by atoms with Crippen molar-refractivity contribution in [2.24, 2.45) is 38.1 Å². The summed E-state index contributed by atoms with van der Waals surface area (Å²) in [6, 6.07) is 3.02. The van der Waals surface area contributed by atoms with Gasteiger partial charge in [0, 0.05) is 94.8 Å². The van der Waals surface area contributed by atoms with E-state index in [0.29, 0.717) is 19.6 Å². The van der Waals surface area contributed by atoms with Gasteiger partial charge in [0.2, 0.25) is 0 Å². The molecule has 133 heavy (non-hydrogen) atoms. The Bertz CT molecular complexity index is 5990. The van der Waals surface area contributed by atoms with Crippen molar-refractivity contribution in [1.29, 1.82) is 0 Å². The molecule has 0 amide bonds. The number of aromatic nitrogens is 5. The Morgan fingerprint density at radius 1 is 0.752 bits per heavy atom. The standard InChI is InChI=1S/C21H20I2N4O.C21H23I2N3O.C20H21Br2N3O.C19H19I2N3O2.C19H21I2N3OS/c1-11(22)20(28)14(23)7-8-15-12-5-3-4-6-13(12)18-16(25-15)9-10-17-19(18)21(24-2)27-26-17;1-4-6-7-13-10-19(14-8-16(22)21(27)17(23)9-14)24-11-15(13)20-12(3)25-26-18(20)5-2;21-16-9-13(10-17(22)20(16)26)19(12-4-2-1-3-5-12)24-15-6-7-18-14(8-15)11-23-25-18;1-10(20)19(25)14(21)2-3-15-13-9-26-7-6-11(13)18-12-8-22-24-16(12)4-5-17(18)23-15;1-3-17-14(10-23-24-17)13-9-22-18(8-11(13)4-5-26-2)12-6-15(20)19(25)16(21)7-12/h7-10,15,17,19,25-26,28H,1,3-6H2;5,8-11,16,21,27H,2,4,6-7H2,1,3H3,(H,25,26);4,6-11,14,16,18,20,25-26H,1-3,5H2;2-5,8,12,15-16,23-25H,1,6-7,9H2;3,6-10,15,18-19,22,25H,1,4-5H2,2H3,(H,23,24)/b8-7+,20-14-;;;3-2+,19-14-;. The highest BCUT2D eigenvalue weighted by molar-refractivity contribution is 14.1. The van der Waals surface area contributed by atoms with Gasteiger partial charge >= 0.3 is 0 Å². The molecule has 0 saturated carbocycles. The van der Waals surface area contributed by atoms with Crippen LogP contribution in [0, 0.1) is 31.2 Å². The summed E-state index contributed by atoms with van der Waals surface area (Å²) in [5.74, 6) is 2.61. The number of fused-ring (bicyclic) bond motifs is 7. The number of pyridine rings is 1. The number of aliphatic imine (C=N–C) groups is 1. The van der Waals surface area contributed by atoms with Crippen LogP contribution in [-0.2, 0) is 11.2 Å². The highest BCUT2D eigenvalue weighted by Gasteiger charge is 2.44. The number of alkyl halides is 3. The number of rotatable bonds is 21. The van der Waals surface area contributed by atoms with Crippen LogP contribution in [0.15, 0.2) is 297 Å². The van der Waals surface area contributed by atoms with Crippen molar-refractivity contribution in [1.82, 2.24) is 57.6 Å². The second-order valence-corrected chi connectivity index (χ2v) is 46.7. The van der Waals surface area contributed by atoms with Crippen LogP contribution in [0.25, 0.3) is 39.3 Å². The summed E-state index contributed by atoms with van der Waals surface area (Å²) in [6.45, 7) is 28.5. The van der Waals surface area contributed by atoms with E-state index in [1.807, 2.05) is 113 Å². The molecule has 15 unspecified atom stereocenters. The van der Waals surface area contributed by atoms with Crippen LogP contribution in [0.5, 0.6) is 0 Å². The van der Waals surface area contributed by atoms with E-state index in [2.05, 4.69) is 383 Å². The number of halogens is 10. The van der Waals surface area contributed by atoms with Gasteiger partial charge in [-0.2, -0.15) is 32.2 Å². The summed E-state index contributed by atoms with van der Waals surface area (Å²) < 4.78 is 11.4. The SMILES string of the molecule is C=C(I)/C(O)=C(I)\C=C\C1NC2=C(C3=C1COCC3)C1C=NNC1C=C2.C=Cc1[nH]ncc1C1=CNC(C2=CC(I)C(O)C(I)=C2)C=C1CCSC.C=Cc1n[nH]c(C)c1-c1cnc(C2=CC(I)C(O)C(I)=C2)cc1CCCC.OC1C(Br)=CC(C(=NC2=CC3C=NNC3C=C2)C2=CCCCC2)=CC1Br.[C-]#[N+]C1=NNC2C=CC3=C(C4=C(CCCC4)C(/C=C/C(I)=C(/O)C(=C)I)N3)C12. The van der Waals surface area contributed by atoms with Crippen molar-refractivity contribution in [3.8, 4) is 11.1 Å². The van der Waals surface area contributed by atoms with E-state index in [1.54, 1.807) is 12.2 Å². The number of ether oxygens (including phenoxy) is 1. The summed E-state index contributed by atoms with van der Waals surface area (Å²) in [5, 5.41) is 88.8. The third kappa shape index (κ3) is 24.8. The first kappa shape index (κ1) is 103. The fourth-order valence-corrected chi connectivity index (χ4v) is 27.0. The van der Waals surface area contributed by atoms with Crippen molar-refractivity contribution < 1.29 is 30.3 Å². The molecular formula is C100H104Br2I8N16O6S. The first-order valence-electron chi connectivity index (χ1n) is 44.0. The van der Waals surface area contributed by atoms with E-state index >= 15 is 0 Å². The number of dihydropyridines is 3. The molecule has 3 aromatic rings. The van der Waals surface area contributed by atoms with E-state index in [-0.39, 0.29) is 78.2 Å². The predicted molar refractivity (Wildman–Crippen MR) is 621 cm³/mol. The molecule has 0 spiro atoms. The van der Waals surface area contributed by atoms with Gasteiger partial charge in [0.05, 0.1) is 122 Å². The molecule has 3 aromatic heterocycles. The Balaban J connectivity index is 0.000000134. The fraction of sp³-hybridized carbons (Fsp3) is 0.340. The summed E-state index contributed by atoms with van der Waals surface area (Å²) in [7, 11) is 0. The number of amidine groups is 1. The highest BCUT2D eigenvalue weighted by atomic mass is 127. The molecule has 13 N–H and O–H groups in total. The predicted octanol–water partition coefficient (Wildman–Crippen LogP) is 23.4. The van der Waals surface area contributed by atoms with Gasteiger partial charge in [0.1, 0.15) is 17.6 Å². The first-order valence-corrected chi connectivity index (χ1v) is 56.1. The van der Waals surface area contributed by atoms with Crippen LogP contribution >= 0.6 is 224 Å². The number of hydrazone groups is 3. The highest BCUT2D eigenvalue weighted by Crippen LogP contribution is 2.47. The van der Waals surface area contributed by atoms with E-state index in [4.69, 9.17) is 21.3 Å². The van der Waals surface area contributed by atoms with Gasteiger partial charge in [-0.25, -0.2) is 10.4 Å². The molecule has 0 saturated heterocycles. The molecule has 0 aromatic carbocycles. The molecule has 8 aliphatic carbocycles. The van der Waals surface area contributed by atoms with Crippen LogP contribution in [0.4, 0.5) is 0 Å². The number of aryl methyl sites for hydroxylation is 2. The third-order valence-electron chi connectivity index (χ3n) is 24.8. The van der Waals surface area contributed by atoms with Crippen molar-refractivity contribution in [3.63, 3.8) is 0 Å². The Kier molecular flexibility index (Phi) is 37.9. The van der Waals surface area contributed by atoms with Crippen LogP contribution in [-0.4, -0.2) is 167 Å². The number of unbranched alkanes of at least 4 members (excludes halogenated alkanes) is 1. The second-order valence-electron chi connectivity index (χ2n) is 33.5. The lowest BCUT2D eigenvalue weighted by Gasteiger charge is -2.39. The molecule has 33 heteroatoms. The maximum atomic E-state index is 10.2. The lowest BCUT2D eigenvalue weighted by atomic mass is 9.72. The molecular weight excluding hydrogens is 2730 g/mol. The van der Waals surface area contributed by atoms with Crippen LogP contribution in [0.2, 0.25) is 0 Å². The molecule has 7 aliphatic heterocycles. The quantitative estimate of drug-likeness (QED) is 0.0118. The number of aliphatic hydroxyl groups excluding tert-OH is 5. The monoisotopic (exact) mass is 2830 g/mol. The van der Waals surface area contributed by atoms with E-state index < -0.39 is 18.3 Å². The number of H-pyrrole nitrogens is 2. The molecule has 0 radical (unpaired) electrons. The molecule has 10 heterocycles. The number of nitrogens with one attached hydrogen (secondary N) is 8. The zero-order valence-corrected chi connectivity index (χ0v) is 94.5. The zero-order chi connectivity index (χ0) is 94.4. The number of allylic oxidation sites excluding steroid dienone is 18. The minimum atomic E-state index is -0.560. The van der Waals surface area contributed by atoms with Gasteiger partial charge in [-0.1, -0.05) is 184 Å². The summed E-state index contributed by atoms with van der Waals surface area (Å²) in [6.07, 6.45) is 68.4. The maximum absolute atomic E-state index is 10.2. The number of aliphatic hydroxyl groups is 5. The molecule has 696 valence electrons. The number of nitrogens with zero attached hydrogens (tertiary/aromatic N) is 8.